The number of rotatable bonds is 6. The van der Waals surface area contributed by atoms with Crippen LogP contribution in [0.1, 0.15) is 25.7 Å². The zero-order chi connectivity index (χ0) is 15.1. The van der Waals surface area contributed by atoms with E-state index < -0.39 is 6.04 Å². The fourth-order valence-corrected chi connectivity index (χ4v) is 3.08. The maximum absolute atomic E-state index is 12.2. The van der Waals surface area contributed by atoms with Crippen LogP contribution in [0.5, 0.6) is 0 Å². The van der Waals surface area contributed by atoms with E-state index in [1.54, 1.807) is 11.8 Å². The summed E-state index contributed by atoms with van der Waals surface area (Å²) in [5.74, 6) is 0.816. The molecule has 0 spiro atoms. The number of carbonyl (C=O) groups is 1. The Morgan fingerprint density at radius 2 is 2.05 bits per heavy atom. The van der Waals surface area contributed by atoms with Crippen molar-refractivity contribution < 1.29 is 4.79 Å². The number of nitrogens with one attached hydrogen (secondary N) is 1. The minimum Gasteiger partial charge on any atom is -0.370 e. The highest BCUT2D eigenvalue weighted by Crippen LogP contribution is 2.28. The number of hydrogen-bond acceptors (Lipinski definition) is 4. The summed E-state index contributed by atoms with van der Waals surface area (Å²) in [5.41, 5.74) is 7.93. The number of piperidine rings is 1. The highest BCUT2D eigenvalue weighted by Gasteiger charge is 2.18. The van der Waals surface area contributed by atoms with Gasteiger partial charge in [0.25, 0.3) is 0 Å². The Hall–Kier alpha value is -1.20. The molecule has 1 fully saturated rings. The van der Waals surface area contributed by atoms with Gasteiger partial charge < -0.3 is 16.0 Å². The summed E-state index contributed by atoms with van der Waals surface area (Å²) in [5, 5.41) is 3.00. The fraction of sp³-hybridized carbons (Fsp3) is 0.562. The fourth-order valence-electron chi connectivity index (χ4n) is 2.59. The highest BCUT2D eigenvalue weighted by molar-refractivity contribution is 7.98. The van der Waals surface area contributed by atoms with E-state index in [9.17, 15) is 4.79 Å². The van der Waals surface area contributed by atoms with Gasteiger partial charge in [-0.05, 0) is 49.8 Å². The third-order valence-electron chi connectivity index (χ3n) is 3.83. The minimum atomic E-state index is -0.438. The molecule has 0 bridgehead atoms. The van der Waals surface area contributed by atoms with E-state index in [0.717, 1.165) is 30.2 Å². The summed E-state index contributed by atoms with van der Waals surface area (Å²) < 4.78 is 0. The van der Waals surface area contributed by atoms with Crippen LogP contribution in [0, 0.1) is 0 Å². The van der Waals surface area contributed by atoms with E-state index in [4.69, 9.17) is 5.73 Å². The first-order valence-corrected chi connectivity index (χ1v) is 9.01. The van der Waals surface area contributed by atoms with Crippen molar-refractivity contribution in [2.24, 2.45) is 5.73 Å². The number of hydrogen-bond donors (Lipinski definition) is 2. The topological polar surface area (TPSA) is 58.4 Å². The van der Waals surface area contributed by atoms with E-state index in [2.05, 4.69) is 16.3 Å². The summed E-state index contributed by atoms with van der Waals surface area (Å²) in [6.45, 7) is 2.12. The van der Waals surface area contributed by atoms with Crippen LogP contribution in [0.4, 0.5) is 11.4 Å². The molecule has 116 valence electrons. The maximum atomic E-state index is 12.2. The largest absolute Gasteiger partial charge is 0.370 e. The minimum absolute atomic E-state index is 0.0893. The summed E-state index contributed by atoms with van der Waals surface area (Å²) in [6.07, 6.45) is 6.46. The standard InChI is InChI=1S/C16H25N3OS/c1-21-12-9-13(17)16(20)18-14-7-3-4-8-15(14)19-10-5-2-6-11-19/h3-4,7-8,13H,2,5-6,9-12,17H2,1H3,(H,18,20)/t13-/m1/s1. The van der Waals surface area contributed by atoms with Gasteiger partial charge in [0.1, 0.15) is 0 Å². The lowest BCUT2D eigenvalue weighted by Crippen LogP contribution is -2.37. The molecule has 0 radical (unpaired) electrons. The average molecular weight is 307 g/mol. The molecule has 1 aromatic carbocycles. The van der Waals surface area contributed by atoms with Crippen LogP contribution in [0.3, 0.4) is 0 Å². The third kappa shape index (κ3) is 4.64. The summed E-state index contributed by atoms with van der Waals surface area (Å²) in [7, 11) is 0. The number of carbonyl (C=O) groups excluding carboxylic acids is 1. The van der Waals surface area contributed by atoms with E-state index in [0.29, 0.717) is 6.42 Å². The van der Waals surface area contributed by atoms with Gasteiger partial charge in [0.05, 0.1) is 17.4 Å². The Morgan fingerprint density at radius 3 is 2.76 bits per heavy atom. The number of benzene rings is 1. The van der Waals surface area contributed by atoms with Crippen molar-refractivity contribution in [1.82, 2.24) is 0 Å². The zero-order valence-corrected chi connectivity index (χ0v) is 13.5. The molecular formula is C16H25N3OS. The second-order valence-corrected chi connectivity index (χ2v) is 6.43. The first kappa shape index (κ1) is 16.2. The van der Waals surface area contributed by atoms with Crippen LogP contribution in [-0.4, -0.2) is 37.0 Å². The van der Waals surface area contributed by atoms with E-state index in [1.165, 1.54) is 19.3 Å². The van der Waals surface area contributed by atoms with E-state index >= 15 is 0 Å². The van der Waals surface area contributed by atoms with Crippen LogP contribution >= 0.6 is 11.8 Å². The predicted octanol–water partition coefficient (Wildman–Crippen LogP) is 2.70. The average Bonchev–Trinajstić information content (AvgIpc) is 2.54. The predicted molar refractivity (Wildman–Crippen MR) is 92.1 cm³/mol. The number of thioether (sulfide) groups is 1. The van der Waals surface area contributed by atoms with Gasteiger partial charge in [-0.1, -0.05) is 12.1 Å². The number of para-hydroxylation sites is 2. The van der Waals surface area contributed by atoms with Gasteiger partial charge in [-0.15, -0.1) is 0 Å². The quantitative estimate of drug-likeness (QED) is 0.848. The number of nitrogens with two attached hydrogens (primary N) is 1. The smallest absolute Gasteiger partial charge is 0.241 e. The van der Waals surface area contributed by atoms with Gasteiger partial charge in [-0.3, -0.25) is 4.79 Å². The molecule has 1 aliphatic heterocycles. The van der Waals surface area contributed by atoms with Crippen LogP contribution in [-0.2, 0) is 4.79 Å². The van der Waals surface area contributed by atoms with E-state index in [1.807, 2.05) is 24.5 Å². The molecule has 0 aliphatic carbocycles. The van der Waals surface area contributed by atoms with Crippen molar-refractivity contribution in [3.05, 3.63) is 24.3 Å². The van der Waals surface area contributed by atoms with Crippen molar-refractivity contribution in [1.29, 1.82) is 0 Å². The van der Waals surface area contributed by atoms with Gasteiger partial charge in [-0.25, -0.2) is 0 Å². The lowest BCUT2D eigenvalue weighted by atomic mass is 10.1. The molecule has 21 heavy (non-hydrogen) atoms. The molecule has 2 rings (SSSR count). The molecule has 0 aromatic heterocycles. The number of anilines is 2. The second kappa shape index (κ2) is 8.29. The highest BCUT2D eigenvalue weighted by atomic mass is 32.2. The Bertz CT molecular complexity index is 461. The molecule has 1 aliphatic rings. The van der Waals surface area contributed by atoms with Gasteiger partial charge in [0.2, 0.25) is 5.91 Å². The van der Waals surface area contributed by atoms with Crippen molar-refractivity contribution in [2.45, 2.75) is 31.7 Å². The van der Waals surface area contributed by atoms with Crippen LogP contribution in [0.2, 0.25) is 0 Å². The van der Waals surface area contributed by atoms with Gasteiger partial charge in [-0.2, -0.15) is 11.8 Å². The molecule has 1 heterocycles. The SMILES string of the molecule is CSCC[C@@H](N)C(=O)Nc1ccccc1N1CCCCC1. The number of amides is 1. The Labute approximate surface area is 131 Å². The van der Waals surface area contributed by atoms with Crippen molar-refractivity contribution in [3.8, 4) is 0 Å². The van der Waals surface area contributed by atoms with Crippen LogP contribution < -0.4 is 16.0 Å². The monoisotopic (exact) mass is 307 g/mol. The molecule has 0 saturated carbocycles. The maximum Gasteiger partial charge on any atom is 0.241 e. The third-order valence-corrected chi connectivity index (χ3v) is 4.47. The molecule has 1 saturated heterocycles. The van der Waals surface area contributed by atoms with Gasteiger partial charge >= 0.3 is 0 Å². The number of nitrogens with zero attached hydrogens (tertiary/aromatic N) is 1. The second-order valence-electron chi connectivity index (χ2n) is 5.44. The molecule has 1 atom stereocenters. The lowest BCUT2D eigenvalue weighted by molar-refractivity contribution is -0.117. The van der Waals surface area contributed by atoms with Gasteiger partial charge in [0.15, 0.2) is 0 Å². The van der Waals surface area contributed by atoms with E-state index in [-0.39, 0.29) is 5.91 Å². The summed E-state index contributed by atoms with van der Waals surface area (Å²) in [4.78, 5) is 14.5. The van der Waals surface area contributed by atoms with Gasteiger partial charge in [0, 0.05) is 13.1 Å². The summed E-state index contributed by atoms with van der Waals surface area (Å²) in [6, 6.07) is 7.58. The molecule has 1 aromatic rings. The molecular weight excluding hydrogens is 282 g/mol. The lowest BCUT2D eigenvalue weighted by Gasteiger charge is -2.30. The molecule has 1 amide bonds. The summed E-state index contributed by atoms with van der Waals surface area (Å²) >= 11 is 1.71. The van der Waals surface area contributed by atoms with Crippen molar-refractivity contribution >= 4 is 29.0 Å². The van der Waals surface area contributed by atoms with Crippen molar-refractivity contribution in [3.63, 3.8) is 0 Å². The first-order valence-electron chi connectivity index (χ1n) is 7.61. The normalized spacial score (nSPS) is 16.6. The molecule has 5 heteroatoms. The van der Waals surface area contributed by atoms with Crippen molar-refractivity contribution in [2.75, 3.05) is 35.3 Å². The van der Waals surface area contributed by atoms with Crippen LogP contribution in [0.25, 0.3) is 0 Å². The molecule has 0 unspecified atom stereocenters. The molecule has 3 N–H and O–H groups in total. The Kier molecular flexibility index (Phi) is 6.39. The Morgan fingerprint density at radius 1 is 1.33 bits per heavy atom. The molecule has 4 nitrogen and oxygen atoms in total. The Balaban J connectivity index is 2.03. The zero-order valence-electron chi connectivity index (χ0n) is 12.7. The van der Waals surface area contributed by atoms with Crippen LogP contribution in [0.15, 0.2) is 24.3 Å². The first-order chi connectivity index (χ1) is 10.2.